The van der Waals surface area contributed by atoms with Crippen molar-refractivity contribution in [3.05, 3.63) is 0 Å². The Hall–Kier alpha value is -0.370. The van der Waals surface area contributed by atoms with E-state index >= 15 is 0 Å². The van der Waals surface area contributed by atoms with Crippen molar-refractivity contribution < 1.29 is 9.90 Å². The van der Waals surface area contributed by atoms with Crippen LogP contribution in [0, 0.1) is 0 Å². The fourth-order valence-electron chi connectivity index (χ4n) is 0.276. The van der Waals surface area contributed by atoms with Gasteiger partial charge in [-0.2, -0.15) is 0 Å². The van der Waals surface area contributed by atoms with E-state index in [1.54, 1.807) is 0 Å². The zero-order valence-corrected chi connectivity index (χ0v) is 6.97. The molecule has 0 saturated carbocycles. The van der Waals surface area contributed by atoms with Gasteiger partial charge in [-0.25, -0.2) is 0 Å². The highest BCUT2D eigenvalue weighted by molar-refractivity contribution is 5.48. The van der Waals surface area contributed by atoms with E-state index in [1.165, 1.54) is 0 Å². The summed E-state index contributed by atoms with van der Waals surface area (Å²) in [7, 11) is 0. The fourth-order valence-corrected chi connectivity index (χ4v) is 0.276. The van der Waals surface area contributed by atoms with Crippen LogP contribution < -0.4 is 0 Å². The minimum absolute atomic E-state index is 0.344. The summed E-state index contributed by atoms with van der Waals surface area (Å²) in [4.78, 5) is 9.40. The van der Waals surface area contributed by atoms with Gasteiger partial charge in [-0.3, -0.25) is 0 Å². The second-order valence-electron chi connectivity index (χ2n) is 2.03. The summed E-state index contributed by atoms with van der Waals surface area (Å²) < 4.78 is 0. The first-order chi connectivity index (χ1) is 4.83. The molecule has 1 N–H and O–H groups in total. The lowest BCUT2D eigenvalue weighted by atomic mass is 10.4. The summed E-state index contributed by atoms with van der Waals surface area (Å²) in [6.45, 7) is 4.38. The summed E-state index contributed by atoms with van der Waals surface area (Å²) in [6.07, 6.45) is 4.65. The molecule has 0 fully saturated rings. The molecular weight excluding hydrogens is 128 g/mol. The lowest BCUT2D eigenvalue weighted by molar-refractivity contribution is -0.107. The van der Waals surface area contributed by atoms with Crippen LogP contribution in [-0.4, -0.2) is 18.0 Å². The molecule has 0 amide bonds. The zero-order valence-electron chi connectivity index (χ0n) is 6.97. The number of hydrogen-bond donors (Lipinski definition) is 1. The Labute approximate surface area is 63.3 Å². The van der Waals surface area contributed by atoms with Crippen LogP contribution in [0.5, 0.6) is 0 Å². The van der Waals surface area contributed by atoms with Crippen LogP contribution in [-0.2, 0) is 4.79 Å². The van der Waals surface area contributed by atoms with E-state index in [9.17, 15) is 4.79 Å². The van der Waals surface area contributed by atoms with Gasteiger partial charge in [-0.15, -0.1) is 0 Å². The summed E-state index contributed by atoms with van der Waals surface area (Å²) >= 11 is 0. The van der Waals surface area contributed by atoms with E-state index in [-0.39, 0.29) is 0 Å². The predicted octanol–water partition coefficient (Wildman–Crippen LogP) is 1.76. The van der Waals surface area contributed by atoms with Gasteiger partial charge < -0.3 is 9.90 Å². The quantitative estimate of drug-likeness (QED) is 0.614. The number of carbonyl (C=O) groups excluding carboxylic acids is 1. The second kappa shape index (κ2) is 15.9. The van der Waals surface area contributed by atoms with Gasteiger partial charge in [0.05, 0.1) is 0 Å². The van der Waals surface area contributed by atoms with Gasteiger partial charge in [0.25, 0.3) is 0 Å². The minimum atomic E-state index is 0.344. The van der Waals surface area contributed by atoms with Crippen molar-refractivity contribution in [3.63, 3.8) is 0 Å². The Balaban J connectivity index is 0. The Kier molecular flexibility index (Phi) is 19.5. The molecule has 2 heteroatoms. The lowest BCUT2D eigenvalue weighted by Crippen LogP contribution is -1.75. The molecule has 0 rings (SSSR count). The van der Waals surface area contributed by atoms with Gasteiger partial charge in [0.1, 0.15) is 6.29 Å². The molecular formula is C8H18O2. The maximum Gasteiger partial charge on any atom is 0.119 e. The molecule has 0 atom stereocenters. The number of hydrogen-bond acceptors (Lipinski definition) is 2. The molecule has 10 heavy (non-hydrogen) atoms. The summed E-state index contributed by atoms with van der Waals surface area (Å²) in [6, 6.07) is 0. The Morgan fingerprint density at radius 3 is 1.90 bits per heavy atom. The number of rotatable bonds is 4. The third-order valence-electron chi connectivity index (χ3n) is 0.918. The largest absolute Gasteiger partial charge is 0.396 e. The van der Waals surface area contributed by atoms with E-state index in [0.717, 1.165) is 25.5 Å². The number of aliphatic hydroxyl groups is 1. The fraction of sp³-hybridized carbons (Fsp3) is 0.875. The summed E-state index contributed by atoms with van der Waals surface area (Å²) in [5, 5.41) is 8.07. The van der Waals surface area contributed by atoms with Crippen LogP contribution in [0.4, 0.5) is 0 Å². The van der Waals surface area contributed by atoms with Crippen molar-refractivity contribution in [2.75, 3.05) is 6.61 Å². The topological polar surface area (TPSA) is 37.3 Å². The molecule has 0 unspecified atom stereocenters. The molecule has 62 valence electrons. The normalized spacial score (nSPS) is 7.90. The summed E-state index contributed by atoms with van der Waals surface area (Å²) in [5.74, 6) is 0. The van der Waals surface area contributed by atoms with Gasteiger partial charge >= 0.3 is 0 Å². The molecule has 0 spiro atoms. The third-order valence-corrected chi connectivity index (χ3v) is 0.918. The van der Waals surface area contributed by atoms with Gasteiger partial charge in [-0.05, 0) is 12.8 Å². The molecule has 0 aliphatic heterocycles. The first kappa shape index (κ1) is 12.3. The molecule has 0 saturated heterocycles. The second-order valence-corrected chi connectivity index (χ2v) is 2.03. The number of aldehydes is 1. The predicted molar refractivity (Wildman–Crippen MR) is 43.0 cm³/mol. The van der Waals surface area contributed by atoms with Gasteiger partial charge in [0.2, 0.25) is 0 Å². The number of unbranched alkanes of at least 4 members (excludes halogenated alkanes) is 2. The van der Waals surface area contributed by atoms with Crippen LogP contribution in [0.25, 0.3) is 0 Å². The molecule has 2 nitrogen and oxygen atoms in total. The third kappa shape index (κ3) is 25.5. The average molecular weight is 146 g/mol. The average Bonchev–Trinajstić information content (AvgIpc) is 1.93. The molecule has 0 heterocycles. The van der Waals surface area contributed by atoms with Crippen molar-refractivity contribution >= 4 is 6.29 Å². The number of carbonyl (C=O) groups is 1. The smallest absolute Gasteiger partial charge is 0.119 e. The van der Waals surface area contributed by atoms with Crippen LogP contribution in [0.1, 0.15) is 39.5 Å². The van der Waals surface area contributed by atoms with Crippen LogP contribution >= 0.6 is 0 Å². The van der Waals surface area contributed by atoms with Crippen molar-refractivity contribution in [2.45, 2.75) is 39.5 Å². The molecule has 0 radical (unpaired) electrons. The van der Waals surface area contributed by atoms with E-state index in [2.05, 4.69) is 6.92 Å². The Morgan fingerprint density at radius 2 is 1.90 bits per heavy atom. The van der Waals surface area contributed by atoms with Crippen molar-refractivity contribution in [1.29, 1.82) is 0 Å². The van der Waals surface area contributed by atoms with Gasteiger partial charge in [0.15, 0.2) is 0 Å². The van der Waals surface area contributed by atoms with Crippen LogP contribution in [0.15, 0.2) is 0 Å². The zero-order chi connectivity index (χ0) is 8.24. The highest BCUT2D eigenvalue weighted by Gasteiger charge is 1.69. The maximum absolute atomic E-state index is 9.40. The SMILES string of the molecule is CCCC=O.CCCCO. The standard InChI is InChI=1S/C4H10O.C4H8O/c2*1-2-3-4-5/h5H,2-4H2,1H3;4H,2-3H2,1H3. The van der Waals surface area contributed by atoms with E-state index < -0.39 is 0 Å². The first-order valence-corrected chi connectivity index (χ1v) is 3.87. The lowest BCUT2D eigenvalue weighted by Gasteiger charge is -1.79. The van der Waals surface area contributed by atoms with E-state index in [0.29, 0.717) is 13.0 Å². The van der Waals surface area contributed by atoms with Crippen LogP contribution in [0.3, 0.4) is 0 Å². The van der Waals surface area contributed by atoms with Crippen molar-refractivity contribution in [3.8, 4) is 0 Å². The molecule has 0 aromatic rings. The molecule has 0 aliphatic rings. The number of aliphatic hydroxyl groups excluding tert-OH is 1. The molecule has 0 aromatic carbocycles. The maximum atomic E-state index is 9.40. The van der Waals surface area contributed by atoms with Gasteiger partial charge in [0, 0.05) is 13.0 Å². The Bertz CT molecular complexity index is 51.2. The van der Waals surface area contributed by atoms with E-state index in [4.69, 9.17) is 5.11 Å². The minimum Gasteiger partial charge on any atom is -0.396 e. The monoisotopic (exact) mass is 146 g/mol. The highest BCUT2D eigenvalue weighted by atomic mass is 16.2. The van der Waals surface area contributed by atoms with Crippen molar-refractivity contribution in [2.24, 2.45) is 0 Å². The van der Waals surface area contributed by atoms with Gasteiger partial charge in [-0.1, -0.05) is 20.3 Å². The summed E-state index contributed by atoms with van der Waals surface area (Å²) in [5.41, 5.74) is 0. The Morgan fingerprint density at radius 1 is 1.30 bits per heavy atom. The molecule has 0 aromatic heterocycles. The van der Waals surface area contributed by atoms with Crippen LogP contribution in [0.2, 0.25) is 0 Å². The van der Waals surface area contributed by atoms with Crippen molar-refractivity contribution in [1.82, 2.24) is 0 Å². The highest BCUT2D eigenvalue weighted by Crippen LogP contribution is 1.78. The van der Waals surface area contributed by atoms with E-state index in [1.807, 2.05) is 6.92 Å². The first-order valence-electron chi connectivity index (χ1n) is 3.87. The molecule has 0 bridgehead atoms. The molecule has 0 aliphatic carbocycles.